The first kappa shape index (κ1) is 31.3. The molecule has 2 aliphatic rings. The summed E-state index contributed by atoms with van der Waals surface area (Å²) in [4.78, 5) is 26.7. The predicted octanol–water partition coefficient (Wildman–Crippen LogP) is 6.48. The highest BCUT2D eigenvalue weighted by molar-refractivity contribution is 8.00. The number of benzene rings is 3. The Morgan fingerprint density at radius 2 is 1.42 bits per heavy atom. The van der Waals surface area contributed by atoms with Gasteiger partial charge in [-0.05, 0) is 90.3 Å². The number of carboxylic acid groups (broad SMARTS) is 1. The Morgan fingerprint density at radius 1 is 0.884 bits per heavy atom. The largest absolute Gasteiger partial charge is 0.481 e. The van der Waals surface area contributed by atoms with E-state index in [1.807, 2.05) is 48.5 Å². The normalized spacial score (nSPS) is 19.1. The third kappa shape index (κ3) is 7.50. The number of aliphatic carboxylic acids is 1. The summed E-state index contributed by atoms with van der Waals surface area (Å²) in [5.74, 6) is -1.11. The lowest BCUT2D eigenvalue weighted by atomic mass is 9.82. The molecular weight excluding hydrogens is 607 g/mol. The van der Waals surface area contributed by atoms with Crippen LogP contribution in [0.5, 0.6) is 0 Å². The van der Waals surface area contributed by atoms with Gasteiger partial charge in [-0.3, -0.25) is 14.5 Å². The lowest BCUT2D eigenvalue weighted by Gasteiger charge is -2.42. The van der Waals surface area contributed by atoms with E-state index >= 15 is 0 Å². The average molecular weight is 642 g/mol. The second kappa shape index (κ2) is 13.2. The van der Waals surface area contributed by atoms with Gasteiger partial charge in [0.2, 0.25) is 0 Å². The molecule has 3 aromatic rings. The monoisotopic (exact) mass is 640 g/mol. The fourth-order valence-corrected chi connectivity index (χ4v) is 7.57. The first-order valence-electron chi connectivity index (χ1n) is 14.3. The van der Waals surface area contributed by atoms with Gasteiger partial charge in [0.15, 0.2) is 9.84 Å². The van der Waals surface area contributed by atoms with E-state index in [9.17, 15) is 23.1 Å². The zero-order chi connectivity index (χ0) is 30.7. The molecule has 0 radical (unpaired) electrons. The molecule has 10 heteroatoms. The third-order valence-corrected chi connectivity index (χ3v) is 10.1. The molecule has 2 N–H and O–H groups in total. The summed E-state index contributed by atoms with van der Waals surface area (Å²) in [7, 11) is -3.61. The number of hydrogen-bond acceptors (Lipinski definition) is 5. The molecule has 0 atom stereocenters. The van der Waals surface area contributed by atoms with Crippen molar-refractivity contribution in [3.63, 3.8) is 0 Å². The number of nitrogens with one attached hydrogen (secondary N) is 1. The summed E-state index contributed by atoms with van der Waals surface area (Å²) >= 11 is 12.3. The number of hydrogen-bond donors (Lipinski definition) is 2. The van der Waals surface area contributed by atoms with E-state index in [-0.39, 0.29) is 28.7 Å². The molecule has 5 rings (SSSR count). The fourth-order valence-electron chi connectivity index (χ4n) is 6.11. The number of halogens is 2. The minimum atomic E-state index is -3.61. The highest BCUT2D eigenvalue weighted by Crippen LogP contribution is 2.39. The van der Waals surface area contributed by atoms with Gasteiger partial charge in [-0.1, -0.05) is 59.6 Å². The van der Waals surface area contributed by atoms with Crippen LogP contribution in [0.3, 0.4) is 0 Å². The van der Waals surface area contributed by atoms with Crippen molar-refractivity contribution in [3.8, 4) is 0 Å². The van der Waals surface area contributed by atoms with Gasteiger partial charge < -0.3 is 10.4 Å². The molecule has 7 nitrogen and oxygen atoms in total. The number of carboxylic acids is 1. The minimum Gasteiger partial charge on any atom is -0.481 e. The summed E-state index contributed by atoms with van der Waals surface area (Å²) in [5, 5.41) is 13.5. The topological polar surface area (TPSA) is 104 Å². The van der Waals surface area contributed by atoms with E-state index < -0.39 is 15.8 Å². The van der Waals surface area contributed by atoms with Gasteiger partial charge in [0.25, 0.3) is 5.91 Å². The standard InChI is InChI=1S/C33H34Cl2N2O5S/c1-43(41,42)31(25-3-2-4-26(17-25)32(38)36-18-21-5-7-24(8-6-21)33(39)40)27-19-37(20-27)30(22-9-13-28(34)14-10-22)23-11-15-29(35)16-12-23/h2-4,9-17,21,24,30H,5-8,18-20H2,1H3,(H,36,38)(H,39,40). The van der Waals surface area contributed by atoms with Crippen LogP contribution in [0.25, 0.3) is 4.91 Å². The minimum absolute atomic E-state index is 0.123. The molecule has 1 amide bonds. The first-order chi connectivity index (χ1) is 20.5. The maximum absolute atomic E-state index is 13.1. The van der Waals surface area contributed by atoms with Crippen molar-refractivity contribution in [3.05, 3.63) is 111 Å². The van der Waals surface area contributed by atoms with Crippen LogP contribution in [-0.4, -0.2) is 56.2 Å². The molecule has 3 aromatic carbocycles. The second-order valence-corrected chi connectivity index (χ2v) is 14.3. The van der Waals surface area contributed by atoms with Crippen molar-refractivity contribution in [2.24, 2.45) is 11.8 Å². The maximum atomic E-state index is 13.1. The van der Waals surface area contributed by atoms with E-state index in [0.717, 1.165) is 29.5 Å². The van der Waals surface area contributed by atoms with Crippen LogP contribution in [0.1, 0.15) is 58.8 Å². The van der Waals surface area contributed by atoms with Gasteiger partial charge in [0.05, 0.1) is 16.9 Å². The van der Waals surface area contributed by atoms with Crippen LogP contribution in [0, 0.1) is 11.8 Å². The average Bonchev–Trinajstić information content (AvgIpc) is 2.96. The van der Waals surface area contributed by atoms with Crippen LogP contribution in [-0.2, 0) is 14.6 Å². The van der Waals surface area contributed by atoms with Crippen LogP contribution in [0.4, 0.5) is 0 Å². The van der Waals surface area contributed by atoms with Crippen molar-refractivity contribution in [1.29, 1.82) is 0 Å². The summed E-state index contributed by atoms with van der Waals surface area (Å²) < 4.78 is 26.2. The number of nitrogens with zero attached hydrogens (tertiary/aromatic N) is 1. The maximum Gasteiger partial charge on any atom is 0.306 e. The number of carbonyl (C=O) groups excluding carboxylic acids is 1. The SMILES string of the molecule is CS(=O)(=O)C(=C1CN(C(c2ccc(Cl)cc2)c2ccc(Cl)cc2)C1)c1cccc(C(=O)NCC2CCC(C(=O)O)CC2)c1. The molecular formula is C33H34Cl2N2O5S. The molecule has 1 aliphatic heterocycles. The molecule has 226 valence electrons. The fraction of sp³-hybridized carbons (Fsp3) is 0.333. The smallest absolute Gasteiger partial charge is 0.306 e. The second-order valence-electron chi connectivity index (χ2n) is 11.5. The van der Waals surface area contributed by atoms with E-state index in [1.165, 1.54) is 6.26 Å². The molecule has 0 bridgehead atoms. The summed E-state index contributed by atoms with van der Waals surface area (Å²) in [6.07, 6.45) is 3.94. The third-order valence-electron chi connectivity index (χ3n) is 8.35. The van der Waals surface area contributed by atoms with E-state index in [1.54, 1.807) is 24.3 Å². The summed E-state index contributed by atoms with van der Waals surface area (Å²) in [6, 6.07) is 21.9. The quantitative estimate of drug-likeness (QED) is 0.278. The number of sulfone groups is 1. The van der Waals surface area contributed by atoms with Gasteiger partial charge in [0.1, 0.15) is 0 Å². The van der Waals surface area contributed by atoms with E-state index in [0.29, 0.717) is 53.6 Å². The number of amides is 1. The van der Waals surface area contributed by atoms with Gasteiger partial charge in [-0.25, -0.2) is 8.42 Å². The molecule has 0 spiro atoms. The Balaban J connectivity index is 1.34. The van der Waals surface area contributed by atoms with E-state index in [4.69, 9.17) is 23.2 Å². The molecule has 0 aromatic heterocycles. The lowest BCUT2D eigenvalue weighted by Crippen LogP contribution is -2.44. The number of rotatable bonds is 9. The first-order valence-corrected chi connectivity index (χ1v) is 16.9. The Bertz CT molecular complexity index is 1580. The van der Waals surface area contributed by atoms with Crippen LogP contribution in [0.15, 0.2) is 78.4 Å². The van der Waals surface area contributed by atoms with Crippen molar-refractivity contribution in [2.45, 2.75) is 31.7 Å². The Morgan fingerprint density at radius 3 is 1.93 bits per heavy atom. The molecule has 1 heterocycles. The molecule has 0 unspecified atom stereocenters. The van der Waals surface area contributed by atoms with Crippen LogP contribution in [0.2, 0.25) is 10.0 Å². The Labute approximate surface area is 262 Å². The molecule has 1 saturated heterocycles. The Kier molecular flexibility index (Phi) is 9.61. The van der Waals surface area contributed by atoms with Crippen LogP contribution < -0.4 is 5.32 Å². The molecule has 43 heavy (non-hydrogen) atoms. The summed E-state index contributed by atoms with van der Waals surface area (Å²) in [6.45, 7) is 1.34. The molecule has 2 fully saturated rings. The van der Waals surface area contributed by atoms with Gasteiger partial charge in [-0.15, -0.1) is 0 Å². The predicted molar refractivity (Wildman–Crippen MR) is 170 cm³/mol. The number of carbonyl (C=O) groups is 2. The van der Waals surface area contributed by atoms with Crippen molar-refractivity contribution in [2.75, 3.05) is 25.9 Å². The van der Waals surface area contributed by atoms with Gasteiger partial charge in [-0.2, -0.15) is 0 Å². The van der Waals surface area contributed by atoms with Gasteiger partial charge >= 0.3 is 5.97 Å². The van der Waals surface area contributed by atoms with Crippen molar-refractivity contribution < 1.29 is 23.1 Å². The zero-order valence-electron chi connectivity index (χ0n) is 23.8. The van der Waals surface area contributed by atoms with E-state index in [2.05, 4.69) is 10.2 Å². The molecule has 1 saturated carbocycles. The number of likely N-dealkylation sites (tertiary alicyclic amines) is 1. The van der Waals surface area contributed by atoms with Gasteiger partial charge in [0, 0.05) is 41.5 Å². The highest BCUT2D eigenvalue weighted by atomic mass is 35.5. The lowest BCUT2D eigenvalue weighted by molar-refractivity contribution is -0.143. The summed E-state index contributed by atoms with van der Waals surface area (Å²) in [5.41, 5.74) is 3.71. The Hall–Kier alpha value is -3.17. The van der Waals surface area contributed by atoms with Crippen molar-refractivity contribution in [1.82, 2.24) is 10.2 Å². The zero-order valence-corrected chi connectivity index (χ0v) is 26.1. The molecule has 1 aliphatic carbocycles. The van der Waals surface area contributed by atoms with Crippen LogP contribution >= 0.6 is 23.2 Å². The highest BCUT2D eigenvalue weighted by Gasteiger charge is 2.35. The van der Waals surface area contributed by atoms with Crippen molar-refractivity contribution >= 4 is 49.8 Å².